The first kappa shape index (κ1) is 63.6. The van der Waals surface area contributed by atoms with Crippen LogP contribution in [0, 0.1) is 11.8 Å². The van der Waals surface area contributed by atoms with Crippen molar-refractivity contribution in [3.63, 3.8) is 0 Å². The number of hydrogen-bond acceptors (Lipinski definition) is 15. The van der Waals surface area contributed by atoms with E-state index in [-0.39, 0.29) is 76.0 Å². The molecule has 0 spiro atoms. The van der Waals surface area contributed by atoms with E-state index in [1.165, 1.54) is 18.7 Å². The van der Waals surface area contributed by atoms with E-state index in [9.17, 15) is 58.5 Å². The third kappa shape index (κ3) is 22.8. The number of carbonyl (C=O) groups excluding carboxylic acids is 8. The lowest BCUT2D eigenvalue weighted by Gasteiger charge is -2.32. The zero-order valence-corrected chi connectivity index (χ0v) is 42.4. The molecule has 0 saturated carbocycles. The van der Waals surface area contributed by atoms with Crippen LogP contribution >= 0.6 is 0 Å². The van der Waals surface area contributed by atoms with Gasteiger partial charge in [-0.25, -0.2) is 4.79 Å². The Hall–Kier alpha value is -6.39. The molecular weight excluding hydrogens is 945 g/mol. The van der Waals surface area contributed by atoms with Crippen molar-refractivity contribution in [1.29, 1.82) is 0 Å². The largest absolute Gasteiger partial charge is 0.480 e. The number of nitrogens with two attached hydrogens (primary N) is 6. The minimum Gasteiger partial charge on any atom is -0.480 e. The first-order valence-corrected chi connectivity index (χ1v) is 24.3. The topological polar surface area (TPSA) is 483 Å². The Morgan fingerprint density at radius 2 is 1.15 bits per heavy atom. The molecule has 1 saturated heterocycles. The fourth-order valence-corrected chi connectivity index (χ4v) is 7.48. The second-order valence-electron chi connectivity index (χ2n) is 18.6. The van der Waals surface area contributed by atoms with Crippen LogP contribution in [0.3, 0.4) is 0 Å². The van der Waals surface area contributed by atoms with E-state index in [0.717, 1.165) is 0 Å². The Morgan fingerprint density at radius 1 is 0.625 bits per heavy atom. The predicted molar refractivity (Wildman–Crippen MR) is 265 cm³/mol. The van der Waals surface area contributed by atoms with Gasteiger partial charge in [-0.2, -0.15) is 0 Å². The molecule has 0 radical (unpaired) electrons. The van der Waals surface area contributed by atoms with Crippen LogP contribution in [0.2, 0.25) is 0 Å². The van der Waals surface area contributed by atoms with Crippen LogP contribution < -0.4 is 71.6 Å². The molecule has 1 aliphatic heterocycles. The molecule has 0 bridgehead atoms. The number of nitrogens with one attached hydrogen (secondary N) is 7. The van der Waals surface area contributed by atoms with Crippen molar-refractivity contribution in [2.75, 3.05) is 32.8 Å². The molecular formula is C44H82N16O12. The number of aliphatic carboxylic acids is 1. The summed E-state index contributed by atoms with van der Waals surface area (Å²) in [5, 5.41) is 47.6. The molecule has 1 rings (SSSR count). The highest BCUT2D eigenvalue weighted by molar-refractivity contribution is 5.98. The standard InChI is InChI=1S/C44H82N16O12/c1-22(2)20-29(42(71)72)56-37(66)30(21-61)57-39(68)32(23(3)4)58-38(67)31-15-11-19-60(31)41(70)28(14-10-18-52-44(49)50)55-36(65)27(13-9-17-51-43(47)48)54-40(69)33(25(6)62)59-34(63)24(5)53-35(64)26(46)12-7-8-16-45/h22-33,61-62H,7-21,45-46H2,1-6H3,(H,53,64)(H,54,69)(H,55,65)(H,56,66)(H,57,68)(H,58,67)(H,59,63)(H,71,72)(H4,47,48,51)(H4,49,50,52)/t24-,25+,26-,27-,28-,29-,30-,31-,32-,33-/m0/s1. The van der Waals surface area contributed by atoms with E-state index in [4.69, 9.17) is 34.4 Å². The highest BCUT2D eigenvalue weighted by Gasteiger charge is 2.41. The van der Waals surface area contributed by atoms with Gasteiger partial charge in [0.1, 0.15) is 48.3 Å². The lowest BCUT2D eigenvalue weighted by Crippen LogP contribution is -2.61. The average Bonchev–Trinajstić information content (AvgIpc) is 3.80. The van der Waals surface area contributed by atoms with E-state index < -0.39 is 126 Å². The predicted octanol–water partition coefficient (Wildman–Crippen LogP) is -5.89. The molecule has 10 atom stereocenters. The van der Waals surface area contributed by atoms with Gasteiger partial charge >= 0.3 is 5.97 Å². The second kappa shape index (κ2) is 32.6. The Balaban J connectivity index is 3.42. The smallest absolute Gasteiger partial charge is 0.326 e. The summed E-state index contributed by atoms with van der Waals surface area (Å²) in [7, 11) is 0. The number of unbranched alkanes of at least 4 members (excludes halogenated alkanes) is 1. The number of nitrogens with zero attached hydrogens (tertiary/aromatic N) is 3. The van der Waals surface area contributed by atoms with Crippen molar-refractivity contribution in [1.82, 2.24) is 42.1 Å². The number of rotatable bonds is 33. The maximum absolute atomic E-state index is 14.5. The molecule has 22 N–H and O–H groups in total. The number of likely N-dealkylation sites (tertiary alicyclic amines) is 1. The first-order valence-electron chi connectivity index (χ1n) is 24.3. The lowest BCUT2D eigenvalue weighted by atomic mass is 10.0. The van der Waals surface area contributed by atoms with Crippen molar-refractivity contribution in [3.8, 4) is 0 Å². The number of aliphatic hydroxyl groups is 2. The number of aliphatic imine (C=N–C) groups is 2. The van der Waals surface area contributed by atoms with Crippen molar-refractivity contribution >= 4 is 65.1 Å². The summed E-state index contributed by atoms with van der Waals surface area (Å²) in [4.78, 5) is 130. The minimum atomic E-state index is -1.65. The van der Waals surface area contributed by atoms with Gasteiger partial charge in [-0.1, -0.05) is 34.1 Å². The Bertz CT molecular complexity index is 1880. The number of carbonyl (C=O) groups is 9. The lowest BCUT2D eigenvalue weighted by molar-refractivity contribution is -0.143. The fraction of sp³-hybridized carbons (Fsp3) is 0.750. The maximum atomic E-state index is 14.5. The van der Waals surface area contributed by atoms with Gasteiger partial charge in [0.25, 0.3) is 0 Å². The summed E-state index contributed by atoms with van der Waals surface area (Å²) in [6, 6.07) is -11.9. The number of carboxylic acids is 1. The monoisotopic (exact) mass is 1030 g/mol. The van der Waals surface area contributed by atoms with Crippen LogP contribution in [-0.2, 0) is 43.2 Å². The van der Waals surface area contributed by atoms with Crippen molar-refractivity contribution in [2.45, 2.75) is 166 Å². The molecule has 72 heavy (non-hydrogen) atoms. The molecule has 1 heterocycles. The molecule has 0 aromatic carbocycles. The Morgan fingerprint density at radius 3 is 1.67 bits per heavy atom. The van der Waals surface area contributed by atoms with Gasteiger partial charge in [0.2, 0.25) is 47.3 Å². The van der Waals surface area contributed by atoms with E-state index in [2.05, 4.69) is 47.2 Å². The van der Waals surface area contributed by atoms with Gasteiger partial charge in [-0.3, -0.25) is 48.3 Å². The summed E-state index contributed by atoms with van der Waals surface area (Å²) in [5.41, 5.74) is 33.4. The molecule has 0 aliphatic carbocycles. The molecule has 0 aromatic heterocycles. The van der Waals surface area contributed by atoms with Gasteiger partial charge in [-0.05, 0) is 90.0 Å². The van der Waals surface area contributed by atoms with Crippen LogP contribution in [0.25, 0.3) is 0 Å². The molecule has 0 aromatic rings. The van der Waals surface area contributed by atoms with Crippen LogP contribution in [0.15, 0.2) is 9.98 Å². The quantitative estimate of drug-likeness (QED) is 0.0165. The molecule has 8 amide bonds. The number of aliphatic hydroxyl groups excluding tert-OH is 2. The average molecular weight is 1030 g/mol. The Labute approximate surface area is 420 Å². The molecule has 28 nitrogen and oxygen atoms in total. The SMILES string of the molecule is CC(C)C[C@H](NC(=O)[C@H](CO)NC(=O)[C@@H](NC(=O)[C@@H]1CCCN1C(=O)[C@H](CCCN=C(N)N)NC(=O)[C@H](CCCN=C(N)N)NC(=O)[C@@H](NC(=O)[C@H](C)NC(=O)[C@@H](N)CCCCN)[C@@H](C)O)C(C)C)C(=O)O. The van der Waals surface area contributed by atoms with E-state index >= 15 is 0 Å². The fourth-order valence-electron chi connectivity index (χ4n) is 7.48. The van der Waals surface area contributed by atoms with E-state index in [0.29, 0.717) is 32.2 Å². The maximum Gasteiger partial charge on any atom is 0.326 e. The van der Waals surface area contributed by atoms with Crippen molar-refractivity contribution in [3.05, 3.63) is 0 Å². The summed E-state index contributed by atoms with van der Waals surface area (Å²) < 4.78 is 0. The van der Waals surface area contributed by atoms with Gasteiger partial charge in [0, 0.05) is 19.6 Å². The molecule has 28 heteroatoms. The highest BCUT2D eigenvalue weighted by Crippen LogP contribution is 2.21. The normalized spacial score (nSPS) is 17.1. The van der Waals surface area contributed by atoms with Crippen molar-refractivity contribution < 1.29 is 58.5 Å². The van der Waals surface area contributed by atoms with E-state index in [1.54, 1.807) is 27.7 Å². The highest BCUT2D eigenvalue weighted by atomic mass is 16.4. The molecule has 410 valence electrons. The van der Waals surface area contributed by atoms with Crippen LogP contribution in [0.1, 0.15) is 106 Å². The van der Waals surface area contributed by atoms with Gasteiger partial charge < -0.3 is 91.8 Å². The van der Waals surface area contributed by atoms with Crippen LogP contribution in [-0.4, -0.2) is 179 Å². The third-order valence-corrected chi connectivity index (χ3v) is 11.5. The van der Waals surface area contributed by atoms with Gasteiger partial charge in [0.15, 0.2) is 11.9 Å². The second-order valence-corrected chi connectivity index (χ2v) is 18.6. The summed E-state index contributed by atoms with van der Waals surface area (Å²) in [6.45, 7) is 8.92. The minimum absolute atomic E-state index is 0.0162. The number of hydrogen-bond donors (Lipinski definition) is 16. The van der Waals surface area contributed by atoms with Crippen molar-refractivity contribution in [2.24, 2.45) is 56.2 Å². The first-order chi connectivity index (χ1) is 33.7. The van der Waals surface area contributed by atoms with Crippen LogP contribution in [0.4, 0.5) is 0 Å². The van der Waals surface area contributed by atoms with Gasteiger partial charge in [-0.15, -0.1) is 0 Å². The molecule has 0 unspecified atom stereocenters. The number of carboxylic acid groups (broad SMARTS) is 1. The Kier molecular flexibility index (Phi) is 28.8. The molecule has 1 fully saturated rings. The van der Waals surface area contributed by atoms with Gasteiger partial charge in [0.05, 0.1) is 18.8 Å². The number of guanidine groups is 2. The zero-order valence-electron chi connectivity index (χ0n) is 42.4. The summed E-state index contributed by atoms with van der Waals surface area (Å²) >= 11 is 0. The zero-order chi connectivity index (χ0) is 54.8. The number of amides is 8. The van der Waals surface area contributed by atoms with E-state index in [1.807, 2.05) is 0 Å². The molecule has 1 aliphatic rings. The summed E-state index contributed by atoms with van der Waals surface area (Å²) in [5.74, 6) is -9.13. The third-order valence-electron chi connectivity index (χ3n) is 11.5. The summed E-state index contributed by atoms with van der Waals surface area (Å²) in [6.07, 6.45) is 0.642. The van der Waals surface area contributed by atoms with Crippen LogP contribution in [0.5, 0.6) is 0 Å².